The lowest BCUT2D eigenvalue weighted by Gasteiger charge is -2.21. The molecule has 0 radical (unpaired) electrons. The summed E-state index contributed by atoms with van der Waals surface area (Å²) in [6.45, 7) is 14.3. The van der Waals surface area contributed by atoms with Crippen LogP contribution in [0.3, 0.4) is 0 Å². The zero-order valence-electron chi connectivity index (χ0n) is 21.9. The van der Waals surface area contributed by atoms with Crippen molar-refractivity contribution in [3.8, 4) is 0 Å². The van der Waals surface area contributed by atoms with E-state index in [9.17, 15) is 19.2 Å². The summed E-state index contributed by atoms with van der Waals surface area (Å²) >= 11 is 6.86. The minimum atomic E-state index is -0.812. The van der Waals surface area contributed by atoms with Crippen LogP contribution in [0, 0.1) is 5.92 Å². The van der Waals surface area contributed by atoms with Crippen molar-refractivity contribution < 1.29 is 28.7 Å². The minimum absolute atomic E-state index is 0.0235. The molecule has 0 saturated carbocycles. The predicted molar refractivity (Wildman–Crippen MR) is 147 cm³/mol. The molecule has 0 aromatic heterocycles. The summed E-state index contributed by atoms with van der Waals surface area (Å²) in [5, 5.41) is 0. The molecule has 0 unspecified atom stereocenters. The number of halogens is 2. The van der Waals surface area contributed by atoms with Crippen molar-refractivity contribution in [2.24, 2.45) is 5.92 Å². The van der Waals surface area contributed by atoms with Crippen LogP contribution in [0.25, 0.3) is 0 Å². The van der Waals surface area contributed by atoms with Gasteiger partial charge in [-0.25, -0.2) is 9.59 Å². The quantitative estimate of drug-likeness (QED) is 0.180. The maximum Gasteiger partial charge on any atom is 0.379 e. The van der Waals surface area contributed by atoms with Gasteiger partial charge in [-0.3, -0.25) is 9.59 Å². The monoisotopic (exact) mass is 624 g/mol. The van der Waals surface area contributed by atoms with Crippen LogP contribution in [0.5, 0.6) is 0 Å². The van der Waals surface area contributed by atoms with Gasteiger partial charge in [-0.1, -0.05) is 90.7 Å². The number of rotatable bonds is 8. The lowest BCUT2D eigenvalue weighted by atomic mass is 9.86. The Bertz CT molecular complexity index is 1100. The lowest BCUT2D eigenvalue weighted by molar-refractivity contribution is -0.138. The third kappa shape index (κ3) is 9.62. The summed E-state index contributed by atoms with van der Waals surface area (Å²) in [6.07, 6.45) is 0.925. The second-order valence-corrected chi connectivity index (χ2v) is 11.2. The Morgan fingerprint density at radius 3 is 1.58 bits per heavy atom. The molecular formula is C28H34Br2O6. The molecule has 0 aliphatic carbocycles. The van der Waals surface area contributed by atoms with E-state index in [1.54, 1.807) is 38.1 Å². The molecule has 0 atom stereocenters. The molecule has 8 heteroatoms. The largest absolute Gasteiger partial charge is 0.460 e. The Labute approximate surface area is 230 Å². The normalized spacial score (nSPS) is 10.8. The van der Waals surface area contributed by atoms with Gasteiger partial charge in [0.1, 0.15) is 0 Å². The van der Waals surface area contributed by atoms with Crippen molar-refractivity contribution in [1.29, 1.82) is 0 Å². The second kappa shape index (κ2) is 14.4. The van der Waals surface area contributed by atoms with Crippen LogP contribution in [0.2, 0.25) is 0 Å². The number of ketones is 2. The number of carbonyl (C=O) groups excluding carboxylic acids is 4. The second-order valence-electron chi connectivity index (χ2n) is 9.45. The summed E-state index contributed by atoms with van der Waals surface area (Å²) in [7, 11) is 0. The number of benzene rings is 2. The van der Waals surface area contributed by atoms with Gasteiger partial charge in [0.2, 0.25) is 0 Å². The van der Waals surface area contributed by atoms with Crippen LogP contribution < -0.4 is 0 Å². The summed E-state index contributed by atoms with van der Waals surface area (Å²) in [4.78, 5) is 46.2. The first-order valence-electron chi connectivity index (χ1n) is 11.7. The molecule has 2 aromatic rings. The molecule has 0 spiro atoms. The highest BCUT2D eigenvalue weighted by molar-refractivity contribution is 9.10. The predicted octanol–water partition coefficient (Wildman–Crippen LogP) is 6.89. The van der Waals surface area contributed by atoms with E-state index < -0.39 is 23.5 Å². The number of Topliss-reactive ketones (excluding diaryl/α,β-unsaturated/α-hetero) is 2. The van der Waals surface area contributed by atoms with Gasteiger partial charge in [0.15, 0.2) is 0 Å². The van der Waals surface area contributed by atoms with E-state index in [0.717, 1.165) is 26.5 Å². The van der Waals surface area contributed by atoms with E-state index in [4.69, 9.17) is 4.74 Å². The molecule has 0 aliphatic heterocycles. The van der Waals surface area contributed by atoms with Crippen molar-refractivity contribution in [2.75, 3.05) is 13.2 Å². The highest BCUT2D eigenvalue weighted by Crippen LogP contribution is 2.30. The first-order valence-corrected chi connectivity index (χ1v) is 13.3. The van der Waals surface area contributed by atoms with Crippen LogP contribution >= 0.6 is 31.9 Å². The Balaban J connectivity index is 0.000000360. The molecule has 6 nitrogen and oxygen atoms in total. The molecule has 2 aromatic carbocycles. The third-order valence-electron chi connectivity index (χ3n) is 4.90. The van der Waals surface area contributed by atoms with Crippen LogP contribution in [0.15, 0.2) is 45.3 Å². The Kier molecular flexibility index (Phi) is 12.7. The van der Waals surface area contributed by atoms with Crippen LogP contribution in [0.1, 0.15) is 80.3 Å². The Morgan fingerprint density at radius 2 is 1.22 bits per heavy atom. The Morgan fingerprint density at radius 1 is 0.778 bits per heavy atom. The van der Waals surface area contributed by atoms with Crippen molar-refractivity contribution in [1.82, 2.24) is 0 Å². The van der Waals surface area contributed by atoms with E-state index in [2.05, 4.69) is 71.2 Å². The van der Waals surface area contributed by atoms with Gasteiger partial charge in [-0.05, 0) is 54.9 Å². The smallest absolute Gasteiger partial charge is 0.379 e. The zero-order valence-corrected chi connectivity index (χ0v) is 25.0. The molecule has 36 heavy (non-hydrogen) atoms. The molecule has 0 saturated heterocycles. The summed E-state index contributed by atoms with van der Waals surface area (Å²) in [5.74, 6) is -2.30. The number of esters is 2. The fourth-order valence-corrected chi connectivity index (χ4v) is 4.70. The van der Waals surface area contributed by atoms with Gasteiger partial charge in [0.25, 0.3) is 11.6 Å². The molecule has 0 amide bonds. The van der Waals surface area contributed by atoms with Gasteiger partial charge in [0.05, 0.1) is 13.2 Å². The number of ether oxygens (including phenoxy) is 2. The molecule has 0 fully saturated rings. The number of hydrogen-bond donors (Lipinski definition) is 0. The van der Waals surface area contributed by atoms with Gasteiger partial charge in [-0.15, -0.1) is 0 Å². The molecule has 2 rings (SSSR count). The topological polar surface area (TPSA) is 86.7 Å². The lowest BCUT2D eigenvalue weighted by Crippen LogP contribution is -2.18. The number of hydrogen-bond acceptors (Lipinski definition) is 6. The average Bonchev–Trinajstić information content (AvgIpc) is 2.79. The van der Waals surface area contributed by atoms with Crippen molar-refractivity contribution in [2.45, 2.75) is 60.3 Å². The highest BCUT2D eigenvalue weighted by Gasteiger charge is 2.22. The fourth-order valence-electron chi connectivity index (χ4n) is 3.19. The average molecular weight is 626 g/mol. The minimum Gasteiger partial charge on any atom is -0.460 e. The summed E-state index contributed by atoms with van der Waals surface area (Å²) in [6, 6.07) is 10.4. The van der Waals surface area contributed by atoms with Gasteiger partial charge in [-0.2, -0.15) is 0 Å². The van der Waals surface area contributed by atoms with Crippen molar-refractivity contribution in [3.63, 3.8) is 0 Å². The van der Waals surface area contributed by atoms with Crippen LogP contribution in [0.4, 0.5) is 0 Å². The third-order valence-corrected chi connectivity index (χ3v) is 6.30. The van der Waals surface area contributed by atoms with Gasteiger partial charge >= 0.3 is 11.9 Å². The van der Waals surface area contributed by atoms with Crippen molar-refractivity contribution in [3.05, 3.63) is 67.6 Å². The van der Waals surface area contributed by atoms with Crippen LogP contribution in [-0.2, 0) is 30.9 Å². The molecular weight excluding hydrogens is 592 g/mol. The van der Waals surface area contributed by atoms with E-state index >= 15 is 0 Å². The van der Waals surface area contributed by atoms with Crippen molar-refractivity contribution >= 4 is 55.4 Å². The summed E-state index contributed by atoms with van der Waals surface area (Å²) < 4.78 is 11.1. The van der Waals surface area contributed by atoms with E-state index in [0.29, 0.717) is 17.0 Å². The van der Waals surface area contributed by atoms with E-state index in [-0.39, 0.29) is 18.6 Å². The fraction of sp³-hybridized carbons (Fsp3) is 0.429. The van der Waals surface area contributed by atoms with Gasteiger partial charge in [0, 0.05) is 20.1 Å². The highest BCUT2D eigenvalue weighted by atomic mass is 79.9. The molecule has 0 aliphatic rings. The number of carbonyl (C=O) groups is 4. The van der Waals surface area contributed by atoms with Crippen LogP contribution in [-0.4, -0.2) is 36.7 Å². The molecule has 0 heterocycles. The van der Waals surface area contributed by atoms with E-state index in [1.165, 1.54) is 0 Å². The molecule has 196 valence electrons. The first kappa shape index (κ1) is 31.7. The molecule has 0 bridgehead atoms. The SMILES string of the molecule is CCOC(=O)C(=O)c1ccc(C(C)(C)C)c(Br)c1.CCOC(=O)C(=O)c1ccc(CC(C)C)c(Br)c1. The Hall–Kier alpha value is -2.32. The standard InChI is InChI=1S/2C14H17BrO3/c1-5-18-13(17)12(16)9-6-7-10(11(15)8-9)14(2,3)4;1-4-18-14(17)13(16)11-6-5-10(7-9(2)3)12(15)8-11/h6-8H,5H2,1-4H3;5-6,8-9H,4,7H2,1-3H3. The van der Waals surface area contributed by atoms with E-state index in [1.807, 2.05) is 12.1 Å². The summed E-state index contributed by atoms with van der Waals surface area (Å²) in [5.41, 5.74) is 2.89. The van der Waals surface area contributed by atoms with Gasteiger partial charge < -0.3 is 9.47 Å². The maximum atomic E-state index is 11.8. The molecule has 0 N–H and O–H groups in total. The zero-order chi connectivity index (χ0) is 27.6. The first-order chi connectivity index (χ1) is 16.7. The maximum absolute atomic E-state index is 11.8.